The van der Waals surface area contributed by atoms with E-state index in [-0.39, 0.29) is 24.3 Å². The number of benzene rings is 4. The van der Waals surface area contributed by atoms with Gasteiger partial charge >= 0.3 is 0 Å². The van der Waals surface area contributed by atoms with Gasteiger partial charge in [-0.05, 0) is 58.8 Å². The second kappa shape index (κ2) is 9.40. The Hall–Kier alpha value is -4.42. The van der Waals surface area contributed by atoms with Crippen molar-refractivity contribution in [1.82, 2.24) is 0 Å². The van der Waals surface area contributed by atoms with Crippen molar-refractivity contribution in [1.29, 1.82) is 0 Å². The molecular formula is C33H28O6. The second-order valence-corrected chi connectivity index (χ2v) is 9.80. The Morgan fingerprint density at radius 3 is 2.31 bits per heavy atom. The van der Waals surface area contributed by atoms with Gasteiger partial charge < -0.3 is 18.9 Å². The summed E-state index contributed by atoms with van der Waals surface area (Å²) in [6, 6.07) is 21.4. The molecule has 196 valence electrons. The Morgan fingerprint density at radius 1 is 0.795 bits per heavy atom. The molecule has 0 amide bonds. The minimum atomic E-state index is -0.796. The number of hydrogen-bond donors (Lipinski definition) is 0. The molecule has 1 spiro atoms. The van der Waals surface area contributed by atoms with E-state index in [0.717, 1.165) is 33.0 Å². The van der Waals surface area contributed by atoms with Gasteiger partial charge in [0.15, 0.2) is 18.4 Å². The van der Waals surface area contributed by atoms with Crippen molar-refractivity contribution < 1.29 is 28.5 Å². The van der Waals surface area contributed by atoms with Gasteiger partial charge in [-0.2, -0.15) is 0 Å². The van der Waals surface area contributed by atoms with Gasteiger partial charge in [0.05, 0.1) is 30.6 Å². The van der Waals surface area contributed by atoms with Crippen molar-refractivity contribution in [3.63, 3.8) is 0 Å². The first-order chi connectivity index (χ1) is 19.0. The highest BCUT2D eigenvalue weighted by Gasteiger charge is 2.52. The van der Waals surface area contributed by atoms with Crippen LogP contribution < -0.4 is 14.2 Å². The van der Waals surface area contributed by atoms with Crippen molar-refractivity contribution >= 4 is 22.3 Å². The van der Waals surface area contributed by atoms with Gasteiger partial charge in [-0.1, -0.05) is 54.6 Å². The van der Waals surface area contributed by atoms with Crippen LogP contribution in [0.2, 0.25) is 0 Å². The van der Waals surface area contributed by atoms with E-state index in [1.807, 2.05) is 60.7 Å². The maximum absolute atomic E-state index is 13.3. The fourth-order valence-electron chi connectivity index (χ4n) is 6.51. The first-order valence-electron chi connectivity index (χ1n) is 12.7. The summed E-state index contributed by atoms with van der Waals surface area (Å²) >= 11 is 0. The molecule has 6 rings (SSSR count). The van der Waals surface area contributed by atoms with Crippen LogP contribution in [0.1, 0.15) is 55.8 Å². The number of methoxy groups -OCH3 is 3. The highest BCUT2D eigenvalue weighted by Crippen LogP contribution is 2.62. The number of Topliss-reactive ketones (excluding diaryl/α,β-unsaturated/α-hetero) is 1. The van der Waals surface area contributed by atoms with E-state index in [1.165, 1.54) is 0 Å². The molecule has 0 fully saturated rings. The molecule has 0 radical (unpaired) electrons. The lowest BCUT2D eigenvalue weighted by atomic mass is 9.62. The number of carbonyl (C=O) groups excluding carboxylic acids is 2. The summed E-state index contributed by atoms with van der Waals surface area (Å²) in [6.07, 6.45) is 3.63. The molecule has 0 aliphatic heterocycles. The Bertz CT molecular complexity index is 1680. The van der Waals surface area contributed by atoms with E-state index < -0.39 is 5.41 Å². The summed E-state index contributed by atoms with van der Waals surface area (Å²) in [5.41, 5.74) is 4.11. The van der Waals surface area contributed by atoms with Gasteiger partial charge in [-0.15, -0.1) is 0 Å². The summed E-state index contributed by atoms with van der Waals surface area (Å²) in [7, 11) is 4.79. The van der Waals surface area contributed by atoms with E-state index in [2.05, 4.69) is 12.1 Å². The van der Waals surface area contributed by atoms with Crippen molar-refractivity contribution in [2.75, 3.05) is 28.1 Å². The molecule has 0 saturated carbocycles. The molecule has 0 N–H and O–H groups in total. The number of allylic oxidation sites excluding steroid dienone is 2. The van der Waals surface area contributed by atoms with E-state index >= 15 is 0 Å². The molecule has 0 heterocycles. The predicted octanol–water partition coefficient (Wildman–Crippen LogP) is 6.23. The normalized spacial score (nSPS) is 18.9. The summed E-state index contributed by atoms with van der Waals surface area (Å²) in [6.45, 7) is 1.67. The summed E-state index contributed by atoms with van der Waals surface area (Å²) in [4.78, 5) is 26.3. The third-order valence-electron chi connectivity index (χ3n) is 7.97. The molecule has 0 aromatic heterocycles. The minimum absolute atomic E-state index is 0.0210. The molecule has 2 atom stereocenters. The van der Waals surface area contributed by atoms with Gasteiger partial charge in [0, 0.05) is 18.6 Å². The number of rotatable bonds is 7. The van der Waals surface area contributed by atoms with Crippen molar-refractivity contribution in [3.05, 3.63) is 112 Å². The van der Waals surface area contributed by atoms with E-state index in [9.17, 15) is 9.59 Å². The van der Waals surface area contributed by atoms with Gasteiger partial charge in [0.25, 0.3) is 0 Å². The molecular weight excluding hydrogens is 492 g/mol. The Morgan fingerprint density at radius 2 is 1.56 bits per heavy atom. The minimum Gasteiger partial charge on any atom is -0.496 e. The highest BCUT2D eigenvalue weighted by atomic mass is 16.7. The van der Waals surface area contributed by atoms with E-state index in [4.69, 9.17) is 18.9 Å². The standard InChI is InChI=1S/C33H28O6/c1-19(34)20-8-5-6-9-21(20)32-22-12-14-28(39-18-36-2)31-27(38-4)15-13-24(29(22)31)33(32)17-16-25(35)30-23(33)10-7-11-26(30)37-3/h5-17,32H,18H2,1-4H3/t32-,33+/m0/s1. The zero-order valence-corrected chi connectivity index (χ0v) is 22.2. The average molecular weight is 521 g/mol. The molecule has 39 heavy (non-hydrogen) atoms. The summed E-state index contributed by atoms with van der Waals surface area (Å²) in [5, 5.41) is 1.79. The second-order valence-electron chi connectivity index (χ2n) is 9.80. The van der Waals surface area contributed by atoms with Crippen LogP contribution in [0.3, 0.4) is 0 Å². The number of ether oxygens (including phenoxy) is 4. The Labute approximate surface area is 226 Å². The lowest BCUT2D eigenvalue weighted by Crippen LogP contribution is -2.35. The van der Waals surface area contributed by atoms with E-state index in [0.29, 0.717) is 28.4 Å². The maximum atomic E-state index is 13.3. The van der Waals surface area contributed by atoms with Crippen LogP contribution in [0.4, 0.5) is 0 Å². The van der Waals surface area contributed by atoms with Crippen LogP contribution in [-0.4, -0.2) is 39.7 Å². The highest BCUT2D eigenvalue weighted by molar-refractivity contribution is 6.12. The number of carbonyl (C=O) groups is 2. The van der Waals surface area contributed by atoms with Crippen LogP contribution >= 0.6 is 0 Å². The van der Waals surface area contributed by atoms with Gasteiger partial charge in [0.2, 0.25) is 0 Å². The quantitative estimate of drug-likeness (QED) is 0.213. The van der Waals surface area contributed by atoms with Crippen LogP contribution in [0.15, 0.2) is 78.9 Å². The monoisotopic (exact) mass is 520 g/mol. The molecule has 6 nitrogen and oxygen atoms in total. The molecule has 4 aromatic rings. The summed E-state index contributed by atoms with van der Waals surface area (Å²) < 4.78 is 22.7. The number of ketones is 2. The predicted molar refractivity (Wildman–Crippen MR) is 149 cm³/mol. The fourth-order valence-corrected chi connectivity index (χ4v) is 6.51. The zero-order chi connectivity index (χ0) is 27.3. The third kappa shape index (κ3) is 3.45. The van der Waals surface area contributed by atoms with Crippen LogP contribution in [0, 0.1) is 0 Å². The Balaban J connectivity index is 1.79. The van der Waals surface area contributed by atoms with Crippen LogP contribution in [0.25, 0.3) is 10.8 Å². The van der Waals surface area contributed by atoms with Gasteiger partial charge in [-0.25, -0.2) is 0 Å². The fraction of sp³-hybridized carbons (Fsp3) is 0.212. The number of hydrogen-bond acceptors (Lipinski definition) is 6. The molecule has 6 heteroatoms. The van der Waals surface area contributed by atoms with Gasteiger partial charge in [-0.3, -0.25) is 9.59 Å². The lowest BCUT2D eigenvalue weighted by Gasteiger charge is -2.39. The largest absolute Gasteiger partial charge is 0.496 e. The van der Waals surface area contributed by atoms with Crippen molar-refractivity contribution in [2.45, 2.75) is 18.3 Å². The van der Waals surface area contributed by atoms with Gasteiger partial charge in [0.1, 0.15) is 17.2 Å². The zero-order valence-electron chi connectivity index (χ0n) is 22.2. The molecule has 4 aromatic carbocycles. The van der Waals surface area contributed by atoms with Crippen LogP contribution in [0.5, 0.6) is 17.2 Å². The first-order valence-corrected chi connectivity index (χ1v) is 12.7. The number of fused-ring (bicyclic) bond motifs is 3. The lowest BCUT2D eigenvalue weighted by molar-refractivity contribution is 0.0521. The van der Waals surface area contributed by atoms with Crippen molar-refractivity contribution in [3.8, 4) is 17.2 Å². The van der Waals surface area contributed by atoms with Crippen LogP contribution in [-0.2, 0) is 10.2 Å². The molecule has 0 saturated heterocycles. The molecule has 2 aliphatic rings. The first kappa shape index (κ1) is 24.9. The molecule has 0 unspecified atom stereocenters. The molecule has 2 aliphatic carbocycles. The SMILES string of the molecule is COCOc1ccc2c3c(ccc(OC)c13)[C@]1(C=CC(=O)c3c(OC)cccc31)[C@H]2c1ccccc1C(C)=O. The third-order valence-corrected chi connectivity index (χ3v) is 7.97. The smallest absolute Gasteiger partial charge is 0.189 e. The molecule has 0 bridgehead atoms. The summed E-state index contributed by atoms with van der Waals surface area (Å²) in [5.74, 6) is 1.37. The maximum Gasteiger partial charge on any atom is 0.189 e. The average Bonchev–Trinajstić information content (AvgIpc) is 3.25. The van der Waals surface area contributed by atoms with E-state index in [1.54, 1.807) is 34.3 Å². The Kier molecular flexibility index (Phi) is 6.00. The van der Waals surface area contributed by atoms with Crippen molar-refractivity contribution in [2.24, 2.45) is 0 Å². The topological polar surface area (TPSA) is 71.1 Å².